The number of thiophene rings is 1. The van der Waals surface area contributed by atoms with Gasteiger partial charge in [-0.2, -0.15) is 4.98 Å². The van der Waals surface area contributed by atoms with Crippen LogP contribution in [0.4, 0.5) is 5.69 Å². The molecule has 7 heteroatoms. The molecule has 0 fully saturated rings. The predicted molar refractivity (Wildman–Crippen MR) is 89.2 cm³/mol. The zero-order valence-corrected chi connectivity index (χ0v) is 13.9. The van der Waals surface area contributed by atoms with E-state index in [1.165, 1.54) is 0 Å². The lowest BCUT2D eigenvalue weighted by Crippen LogP contribution is -2.08. The fraction of sp³-hybridized carbons (Fsp3) is 0.250. The number of nitrogens with zero attached hydrogens (tertiary/aromatic N) is 2. The quantitative estimate of drug-likeness (QED) is 0.736. The number of anilines is 1. The maximum Gasteiger partial charge on any atom is 0.249 e. The minimum atomic E-state index is -0.154. The van der Waals surface area contributed by atoms with Gasteiger partial charge in [-0.3, -0.25) is 0 Å². The first-order valence-electron chi connectivity index (χ1n) is 7.07. The number of hydrogen-bond acceptors (Lipinski definition) is 7. The van der Waals surface area contributed by atoms with Crippen LogP contribution in [0.1, 0.15) is 18.9 Å². The Hall–Kier alpha value is -2.54. The fourth-order valence-electron chi connectivity index (χ4n) is 2.13. The molecule has 1 unspecified atom stereocenters. The Morgan fingerprint density at radius 3 is 2.78 bits per heavy atom. The lowest BCUT2D eigenvalue weighted by Gasteiger charge is -2.15. The highest BCUT2D eigenvalue weighted by molar-refractivity contribution is 7.13. The second-order valence-corrected chi connectivity index (χ2v) is 5.81. The van der Waals surface area contributed by atoms with Gasteiger partial charge in [0.2, 0.25) is 11.7 Å². The zero-order valence-electron chi connectivity index (χ0n) is 13.1. The van der Waals surface area contributed by atoms with E-state index in [2.05, 4.69) is 15.5 Å². The van der Waals surface area contributed by atoms with E-state index in [0.717, 1.165) is 16.3 Å². The largest absolute Gasteiger partial charge is 0.497 e. The van der Waals surface area contributed by atoms with Crippen molar-refractivity contribution in [1.82, 2.24) is 10.1 Å². The standard InChI is InChI=1S/C16H17N3O3S/c1-10(16-18-15(19-22-16)14-5-4-8-23-14)17-12-7-6-11(20-2)9-13(12)21-3/h4-10,17H,1-3H3. The number of ether oxygens (including phenoxy) is 2. The van der Waals surface area contributed by atoms with Crippen molar-refractivity contribution in [2.45, 2.75) is 13.0 Å². The average molecular weight is 331 g/mol. The Kier molecular flexibility index (Phi) is 4.47. The van der Waals surface area contributed by atoms with Crippen molar-refractivity contribution in [2.75, 3.05) is 19.5 Å². The molecule has 2 heterocycles. The number of hydrogen-bond donors (Lipinski definition) is 1. The Bertz CT molecular complexity index is 771. The van der Waals surface area contributed by atoms with E-state index in [9.17, 15) is 0 Å². The molecule has 0 aliphatic rings. The van der Waals surface area contributed by atoms with Gasteiger partial charge in [0.05, 0.1) is 24.8 Å². The van der Waals surface area contributed by atoms with Crippen LogP contribution in [-0.2, 0) is 0 Å². The van der Waals surface area contributed by atoms with Gasteiger partial charge in [0, 0.05) is 6.07 Å². The molecular formula is C16H17N3O3S. The van der Waals surface area contributed by atoms with Gasteiger partial charge >= 0.3 is 0 Å². The van der Waals surface area contributed by atoms with E-state index in [0.29, 0.717) is 17.5 Å². The normalized spacial score (nSPS) is 12.0. The van der Waals surface area contributed by atoms with E-state index < -0.39 is 0 Å². The summed E-state index contributed by atoms with van der Waals surface area (Å²) in [6.07, 6.45) is 0. The molecule has 0 saturated carbocycles. The van der Waals surface area contributed by atoms with Crippen molar-refractivity contribution < 1.29 is 14.0 Å². The van der Waals surface area contributed by atoms with E-state index in [-0.39, 0.29) is 6.04 Å². The van der Waals surface area contributed by atoms with Crippen LogP contribution in [0.25, 0.3) is 10.7 Å². The van der Waals surface area contributed by atoms with Crippen molar-refractivity contribution in [3.63, 3.8) is 0 Å². The highest BCUT2D eigenvalue weighted by Gasteiger charge is 2.17. The number of benzene rings is 1. The molecule has 23 heavy (non-hydrogen) atoms. The number of nitrogens with one attached hydrogen (secondary N) is 1. The van der Waals surface area contributed by atoms with Crippen LogP contribution in [0.5, 0.6) is 11.5 Å². The molecule has 0 amide bonds. The summed E-state index contributed by atoms with van der Waals surface area (Å²) in [6.45, 7) is 1.95. The molecule has 1 N–H and O–H groups in total. The summed E-state index contributed by atoms with van der Waals surface area (Å²) in [5, 5.41) is 9.32. The van der Waals surface area contributed by atoms with Crippen LogP contribution in [0.3, 0.4) is 0 Å². The molecule has 0 saturated heterocycles. The third kappa shape index (κ3) is 3.29. The van der Waals surface area contributed by atoms with Gasteiger partial charge in [0.1, 0.15) is 17.5 Å². The molecule has 3 rings (SSSR count). The molecule has 6 nitrogen and oxygen atoms in total. The van der Waals surface area contributed by atoms with Crippen molar-refractivity contribution in [1.29, 1.82) is 0 Å². The minimum Gasteiger partial charge on any atom is -0.497 e. The third-order valence-electron chi connectivity index (χ3n) is 3.33. The molecule has 0 aliphatic carbocycles. The molecule has 0 radical (unpaired) electrons. The smallest absolute Gasteiger partial charge is 0.249 e. The third-order valence-corrected chi connectivity index (χ3v) is 4.20. The highest BCUT2D eigenvalue weighted by atomic mass is 32.1. The molecular weight excluding hydrogens is 314 g/mol. The molecule has 0 aliphatic heterocycles. The Morgan fingerprint density at radius 2 is 2.09 bits per heavy atom. The molecule has 0 bridgehead atoms. The monoisotopic (exact) mass is 331 g/mol. The van der Waals surface area contributed by atoms with Crippen molar-refractivity contribution >= 4 is 17.0 Å². The van der Waals surface area contributed by atoms with Gasteiger partial charge < -0.3 is 19.3 Å². The van der Waals surface area contributed by atoms with Crippen LogP contribution in [0.15, 0.2) is 40.2 Å². The minimum absolute atomic E-state index is 0.154. The molecule has 120 valence electrons. The van der Waals surface area contributed by atoms with Crippen LogP contribution in [0.2, 0.25) is 0 Å². The second kappa shape index (κ2) is 6.70. The summed E-state index contributed by atoms with van der Waals surface area (Å²) in [5.41, 5.74) is 0.830. The average Bonchev–Trinajstić information content (AvgIpc) is 3.26. The SMILES string of the molecule is COc1ccc(NC(C)c2nc(-c3cccs3)no2)c(OC)c1. The van der Waals surface area contributed by atoms with Crippen molar-refractivity contribution in [3.8, 4) is 22.2 Å². The summed E-state index contributed by atoms with van der Waals surface area (Å²) in [4.78, 5) is 5.42. The number of rotatable bonds is 6. The van der Waals surface area contributed by atoms with Crippen LogP contribution < -0.4 is 14.8 Å². The molecule has 2 aromatic heterocycles. The first-order chi connectivity index (χ1) is 11.2. The topological polar surface area (TPSA) is 69.4 Å². The molecule has 1 aromatic carbocycles. The van der Waals surface area contributed by atoms with Gasteiger partial charge in [-0.15, -0.1) is 11.3 Å². The summed E-state index contributed by atoms with van der Waals surface area (Å²) in [6, 6.07) is 9.34. The van der Waals surface area contributed by atoms with Gasteiger partial charge in [0.15, 0.2) is 0 Å². The lowest BCUT2D eigenvalue weighted by atomic mass is 10.2. The molecule has 1 atom stereocenters. The van der Waals surface area contributed by atoms with Gasteiger partial charge in [-0.25, -0.2) is 0 Å². The van der Waals surface area contributed by atoms with E-state index in [4.69, 9.17) is 14.0 Å². The first kappa shape index (κ1) is 15.4. The van der Waals surface area contributed by atoms with Crippen LogP contribution in [-0.4, -0.2) is 24.4 Å². The Morgan fingerprint density at radius 1 is 1.22 bits per heavy atom. The van der Waals surface area contributed by atoms with Gasteiger partial charge in [-0.1, -0.05) is 11.2 Å². The van der Waals surface area contributed by atoms with Crippen LogP contribution >= 0.6 is 11.3 Å². The van der Waals surface area contributed by atoms with E-state index in [1.54, 1.807) is 25.6 Å². The maximum atomic E-state index is 5.38. The maximum absolute atomic E-state index is 5.38. The highest BCUT2D eigenvalue weighted by Crippen LogP contribution is 2.32. The van der Waals surface area contributed by atoms with Crippen LogP contribution in [0, 0.1) is 0 Å². The Balaban J connectivity index is 1.78. The molecule has 3 aromatic rings. The summed E-state index contributed by atoms with van der Waals surface area (Å²) in [7, 11) is 3.24. The van der Waals surface area contributed by atoms with E-state index >= 15 is 0 Å². The van der Waals surface area contributed by atoms with Crippen molar-refractivity contribution in [3.05, 3.63) is 41.6 Å². The van der Waals surface area contributed by atoms with Gasteiger partial charge in [-0.05, 0) is 30.5 Å². The predicted octanol–water partition coefficient (Wildman–Crippen LogP) is 3.99. The summed E-state index contributed by atoms with van der Waals surface area (Å²) >= 11 is 1.58. The Labute approximate surface area is 138 Å². The number of aromatic nitrogens is 2. The zero-order chi connectivity index (χ0) is 16.2. The summed E-state index contributed by atoms with van der Waals surface area (Å²) in [5.74, 6) is 2.55. The molecule has 0 spiro atoms. The van der Waals surface area contributed by atoms with Crippen molar-refractivity contribution in [2.24, 2.45) is 0 Å². The number of methoxy groups -OCH3 is 2. The first-order valence-corrected chi connectivity index (χ1v) is 7.95. The summed E-state index contributed by atoms with van der Waals surface area (Å²) < 4.78 is 15.9. The second-order valence-electron chi connectivity index (χ2n) is 4.87. The van der Waals surface area contributed by atoms with E-state index in [1.807, 2.05) is 42.6 Å². The van der Waals surface area contributed by atoms with Gasteiger partial charge in [0.25, 0.3) is 0 Å². The fourth-order valence-corrected chi connectivity index (χ4v) is 2.78. The lowest BCUT2D eigenvalue weighted by molar-refractivity contribution is 0.367.